The molecule has 0 saturated heterocycles. The highest BCUT2D eigenvalue weighted by atomic mass is 32.2. The summed E-state index contributed by atoms with van der Waals surface area (Å²) in [5.74, 6) is 0.319. The number of rotatable bonds is 5. The van der Waals surface area contributed by atoms with Crippen LogP contribution in [0.4, 0.5) is 0 Å². The fourth-order valence-corrected chi connectivity index (χ4v) is 2.69. The molecule has 0 aliphatic rings. The third-order valence-electron chi connectivity index (χ3n) is 2.90. The largest absolute Gasteiger partial charge is 0.497 e. The van der Waals surface area contributed by atoms with Gasteiger partial charge < -0.3 is 9.47 Å². The highest BCUT2D eigenvalue weighted by Gasteiger charge is 2.08. The number of hydrogen-bond donors (Lipinski definition) is 0. The minimum Gasteiger partial charge on any atom is -0.497 e. The summed E-state index contributed by atoms with van der Waals surface area (Å²) in [4.78, 5) is 13.4. The molecule has 0 fully saturated rings. The first kappa shape index (κ1) is 15.9. The second kappa shape index (κ2) is 7.53. The van der Waals surface area contributed by atoms with Crippen LogP contribution < -0.4 is 4.74 Å². The zero-order chi connectivity index (χ0) is 15.9. The van der Waals surface area contributed by atoms with Crippen LogP contribution in [0.25, 0.3) is 0 Å². The molecule has 2 rings (SSSR count). The molecule has 0 amide bonds. The molecule has 112 valence electrons. The van der Waals surface area contributed by atoms with E-state index in [0.717, 1.165) is 9.79 Å². The van der Waals surface area contributed by atoms with Crippen molar-refractivity contribution in [2.24, 2.45) is 0 Å². The Morgan fingerprint density at radius 2 is 1.95 bits per heavy atom. The quantitative estimate of drug-likeness (QED) is 0.784. The van der Waals surface area contributed by atoms with Crippen molar-refractivity contribution in [3.63, 3.8) is 0 Å². The maximum atomic E-state index is 11.6. The number of methoxy groups -OCH3 is 1. The Morgan fingerprint density at radius 3 is 2.55 bits per heavy atom. The van der Waals surface area contributed by atoms with Crippen LogP contribution in [-0.4, -0.2) is 19.7 Å². The maximum Gasteiger partial charge on any atom is 0.338 e. The standard InChI is InChI=1S/C17H15NO3S/c1-3-21-17(19)12-4-7-15(8-5-12)22-16-9-6-14(20-2)10-13(16)11-18/h4-10H,3H2,1-2H3. The topological polar surface area (TPSA) is 59.3 Å². The highest BCUT2D eigenvalue weighted by Crippen LogP contribution is 2.32. The Hall–Kier alpha value is -2.45. The van der Waals surface area contributed by atoms with Crippen molar-refractivity contribution in [1.29, 1.82) is 5.26 Å². The number of nitrogens with zero attached hydrogens (tertiary/aromatic N) is 1. The second-order valence-electron chi connectivity index (χ2n) is 4.32. The van der Waals surface area contributed by atoms with E-state index in [1.54, 1.807) is 32.2 Å². The first-order valence-corrected chi connectivity index (χ1v) is 7.52. The van der Waals surface area contributed by atoms with Gasteiger partial charge in [-0.15, -0.1) is 0 Å². The number of ether oxygens (including phenoxy) is 2. The lowest BCUT2D eigenvalue weighted by molar-refractivity contribution is 0.0526. The van der Waals surface area contributed by atoms with Gasteiger partial charge in [0.1, 0.15) is 11.8 Å². The fourth-order valence-electron chi connectivity index (χ4n) is 1.81. The molecular formula is C17H15NO3S. The van der Waals surface area contributed by atoms with Crippen LogP contribution in [0, 0.1) is 11.3 Å². The molecule has 0 bridgehead atoms. The molecule has 0 atom stereocenters. The number of carbonyl (C=O) groups excluding carboxylic acids is 1. The fraction of sp³-hybridized carbons (Fsp3) is 0.176. The molecule has 0 N–H and O–H groups in total. The van der Waals surface area contributed by atoms with Gasteiger partial charge >= 0.3 is 5.97 Å². The molecule has 22 heavy (non-hydrogen) atoms. The molecule has 4 nitrogen and oxygen atoms in total. The van der Waals surface area contributed by atoms with Crippen LogP contribution in [0.5, 0.6) is 5.75 Å². The lowest BCUT2D eigenvalue weighted by atomic mass is 10.2. The third kappa shape index (κ3) is 3.80. The van der Waals surface area contributed by atoms with E-state index in [0.29, 0.717) is 23.5 Å². The van der Waals surface area contributed by atoms with Crippen LogP contribution in [-0.2, 0) is 4.74 Å². The summed E-state index contributed by atoms with van der Waals surface area (Å²) in [5, 5.41) is 9.21. The molecule has 0 aliphatic heterocycles. The Labute approximate surface area is 133 Å². The van der Waals surface area contributed by atoms with E-state index in [1.807, 2.05) is 24.3 Å². The molecule has 0 aliphatic carbocycles. The van der Waals surface area contributed by atoms with E-state index >= 15 is 0 Å². The molecule has 2 aromatic carbocycles. The van der Waals surface area contributed by atoms with Gasteiger partial charge in [0.05, 0.1) is 24.8 Å². The molecule has 0 aromatic heterocycles. The summed E-state index contributed by atoms with van der Waals surface area (Å²) in [6.45, 7) is 2.13. The van der Waals surface area contributed by atoms with Gasteiger partial charge in [-0.3, -0.25) is 0 Å². The van der Waals surface area contributed by atoms with Gasteiger partial charge in [0.2, 0.25) is 0 Å². The average Bonchev–Trinajstić information content (AvgIpc) is 2.56. The van der Waals surface area contributed by atoms with E-state index in [2.05, 4.69) is 6.07 Å². The van der Waals surface area contributed by atoms with E-state index in [4.69, 9.17) is 9.47 Å². The number of carbonyl (C=O) groups is 1. The first-order valence-electron chi connectivity index (χ1n) is 6.71. The lowest BCUT2D eigenvalue weighted by Crippen LogP contribution is -2.03. The second-order valence-corrected chi connectivity index (χ2v) is 5.44. The normalized spacial score (nSPS) is 9.86. The van der Waals surface area contributed by atoms with Gasteiger partial charge in [-0.2, -0.15) is 5.26 Å². The minimum atomic E-state index is -0.332. The van der Waals surface area contributed by atoms with Crippen molar-refractivity contribution >= 4 is 17.7 Å². The van der Waals surface area contributed by atoms with Crippen molar-refractivity contribution in [2.45, 2.75) is 16.7 Å². The van der Waals surface area contributed by atoms with Crippen molar-refractivity contribution in [3.8, 4) is 11.8 Å². The number of nitriles is 1. The molecule has 2 aromatic rings. The summed E-state index contributed by atoms with van der Waals surface area (Å²) in [6.07, 6.45) is 0. The van der Waals surface area contributed by atoms with Gasteiger partial charge in [-0.05, 0) is 49.4 Å². The molecule has 0 heterocycles. The molecule has 5 heteroatoms. The van der Waals surface area contributed by atoms with Crippen LogP contribution in [0.1, 0.15) is 22.8 Å². The number of benzene rings is 2. The minimum absolute atomic E-state index is 0.332. The summed E-state index contributed by atoms with van der Waals surface area (Å²) in [7, 11) is 1.57. The molecular weight excluding hydrogens is 298 g/mol. The molecule has 0 radical (unpaired) electrons. The molecule has 0 saturated carbocycles. The Bertz CT molecular complexity index is 705. The summed E-state index contributed by atoms with van der Waals surface area (Å²) < 4.78 is 10.1. The van der Waals surface area contributed by atoms with Crippen molar-refractivity contribution < 1.29 is 14.3 Å². The molecule has 0 spiro atoms. The zero-order valence-electron chi connectivity index (χ0n) is 12.3. The van der Waals surface area contributed by atoms with Crippen LogP contribution in [0.3, 0.4) is 0 Å². The number of esters is 1. The van der Waals surface area contributed by atoms with Crippen molar-refractivity contribution in [3.05, 3.63) is 53.6 Å². The Kier molecular flexibility index (Phi) is 5.45. The van der Waals surface area contributed by atoms with E-state index < -0.39 is 0 Å². The SMILES string of the molecule is CCOC(=O)c1ccc(Sc2ccc(OC)cc2C#N)cc1. The first-order chi connectivity index (χ1) is 10.7. The van der Waals surface area contributed by atoms with Gasteiger partial charge in [0.15, 0.2) is 0 Å². The zero-order valence-corrected chi connectivity index (χ0v) is 13.1. The van der Waals surface area contributed by atoms with E-state index in [-0.39, 0.29) is 5.97 Å². The van der Waals surface area contributed by atoms with Gasteiger partial charge in [0, 0.05) is 9.79 Å². The van der Waals surface area contributed by atoms with E-state index in [9.17, 15) is 10.1 Å². The summed E-state index contributed by atoms with van der Waals surface area (Å²) >= 11 is 1.46. The third-order valence-corrected chi connectivity index (χ3v) is 3.98. The van der Waals surface area contributed by atoms with Gasteiger partial charge in [-0.1, -0.05) is 11.8 Å². The Morgan fingerprint density at radius 1 is 1.23 bits per heavy atom. The Balaban J connectivity index is 2.18. The van der Waals surface area contributed by atoms with Crippen LogP contribution >= 0.6 is 11.8 Å². The smallest absolute Gasteiger partial charge is 0.338 e. The highest BCUT2D eigenvalue weighted by molar-refractivity contribution is 7.99. The lowest BCUT2D eigenvalue weighted by Gasteiger charge is -2.07. The van der Waals surface area contributed by atoms with Crippen LogP contribution in [0.2, 0.25) is 0 Å². The van der Waals surface area contributed by atoms with Gasteiger partial charge in [0.25, 0.3) is 0 Å². The van der Waals surface area contributed by atoms with Gasteiger partial charge in [-0.25, -0.2) is 4.79 Å². The monoisotopic (exact) mass is 313 g/mol. The summed E-state index contributed by atoms with van der Waals surface area (Å²) in [5.41, 5.74) is 1.07. The summed E-state index contributed by atoms with van der Waals surface area (Å²) in [6, 6.07) is 14.6. The predicted octanol–water partition coefficient (Wildman–Crippen LogP) is 3.89. The van der Waals surface area contributed by atoms with Crippen LogP contribution in [0.15, 0.2) is 52.3 Å². The number of hydrogen-bond acceptors (Lipinski definition) is 5. The van der Waals surface area contributed by atoms with Crippen molar-refractivity contribution in [1.82, 2.24) is 0 Å². The molecule has 0 unspecified atom stereocenters. The average molecular weight is 313 g/mol. The predicted molar refractivity (Wildman–Crippen MR) is 84.2 cm³/mol. The maximum absolute atomic E-state index is 11.6. The van der Waals surface area contributed by atoms with Crippen molar-refractivity contribution in [2.75, 3.05) is 13.7 Å². The van der Waals surface area contributed by atoms with E-state index in [1.165, 1.54) is 11.8 Å².